The van der Waals surface area contributed by atoms with Crippen LogP contribution in [0.25, 0.3) is 0 Å². The number of carbonyl (C=O) groups excluding carboxylic acids is 4. The van der Waals surface area contributed by atoms with E-state index in [1.807, 2.05) is 30.3 Å². The second kappa shape index (κ2) is 11.0. The highest BCUT2D eigenvalue weighted by molar-refractivity contribution is 6.02. The Balaban J connectivity index is 1.52. The van der Waals surface area contributed by atoms with Crippen molar-refractivity contribution in [2.24, 2.45) is 11.3 Å². The monoisotopic (exact) mass is 561 g/mol. The van der Waals surface area contributed by atoms with E-state index in [0.29, 0.717) is 31.0 Å². The summed E-state index contributed by atoms with van der Waals surface area (Å²) in [6.45, 7) is 3.75. The van der Waals surface area contributed by atoms with Gasteiger partial charge in [0, 0.05) is 26.6 Å². The zero-order chi connectivity index (χ0) is 29.4. The molecule has 2 heterocycles. The van der Waals surface area contributed by atoms with E-state index in [4.69, 9.17) is 0 Å². The molecular weight excluding hydrogens is 530 g/mol. The largest absolute Gasteiger partial charge is 0.416 e. The quantitative estimate of drug-likeness (QED) is 0.434. The molecule has 2 atom stereocenters. The van der Waals surface area contributed by atoms with Crippen LogP contribution in [0.4, 0.5) is 17.6 Å². The first-order chi connectivity index (χ1) is 18.7. The van der Waals surface area contributed by atoms with Crippen LogP contribution in [0.1, 0.15) is 60.5 Å². The van der Waals surface area contributed by atoms with E-state index in [9.17, 15) is 36.7 Å². The molecule has 214 valence electrons. The first kappa shape index (κ1) is 29.2. The second-order valence-corrected chi connectivity index (χ2v) is 10.9. The fraction of sp³-hybridized carbons (Fsp3) is 0.448. The van der Waals surface area contributed by atoms with Crippen molar-refractivity contribution in [2.45, 2.75) is 51.2 Å². The lowest BCUT2D eigenvalue weighted by molar-refractivity contribution is -0.156. The Morgan fingerprint density at radius 1 is 1.02 bits per heavy atom. The Bertz CT molecular complexity index is 1300. The highest BCUT2D eigenvalue weighted by Gasteiger charge is 2.53. The molecule has 1 unspecified atom stereocenters. The van der Waals surface area contributed by atoms with Gasteiger partial charge in [-0.3, -0.25) is 24.1 Å². The first-order valence-corrected chi connectivity index (χ1v) is 13.1. The van der Waals surface area contributed by atoms with E-state index in [0.717, 1.165) is 10.5 Å². The molecule has 7 nitrogen and oxygen atoms in total. The third-order valence-corrected chi connectivity index (χ3v) is 8.03. The minimum Gasteiger partial charge on any atom is -0.341 e. The van der Waals surface area contributed by atoms with Crippen LogP contribution in [0, 0.1) is 17.2 Å². The van der Waals surface area contributed by atoms with Crippen LogP contribution in [0.3, 0.4) is 0 Å². The molecule has 40 heavy (non-hydrogen) atoms. The number of likely N-dealkylation sites (N-methyl/N-ethyl adjacent to an activating group) is 1. The number of hydrogen-bond acceptors (Lipinski definition) is 4. The van der Waals surface area contributed by atoms with Crippen molar-refractivity contribution in [3.05, 3.63) is 71.0 Å². The van der Waals surface area contributed by atoms with Crippen LogP contribution >= 0.6 is 0 Å². The first-order valence-electron chi connectivity index (χ1n) is 13.1. The van der Waals surface area contributed by atoms with Crippen LogP contribution in [0.15, 0.2) is 48.5 Å². The van der Waals surface area contributed by atoms with Gasteiger partial charge in [0.1, 0.15) is 11.9 Å². The van der Waals surface area contributed by atoms with E-state index in [1.165, 1.54) is 11.9 Å². The smallest absolute Gasteiger partial charge is 0.341 e. The van der Waals surface area contributed by atoms with Gasteiger partial charge in [0.2, 0.25) is 17.7 Å². The Labute approximate surface area is 229 Å². The van der Waals surface area contributed by atoms with Crippen molar-refractivity contribution in [1.82, 2.24) is 15.1 Å². The average molecular weight is 562 g/mol. The number of amides is 4. The van der Waals surface area contributed by atoms with Crippen molar-refractivity contribution in [1.29, 1.82) is 0 Å². The highest BCUT2D eigenvalue weighted by Crippen LogP contribution is 2.50. The molecule has 0 saturated carbocycles. The summed E-state index contributed by atoms with van der Waals surface area (Å²) in [4.78, 5) is 55.0. The zero-order valence-electron chi connectivity index (χ0n) is 22.4. The average Bonchev–Trinajstić information content (AvgIpc) is 2.90. The molecule has 2 aromatic carbocycles. The van der Waals surface area contributed by atoms with E-state index < -0.39 is 58.2 Å². The fourth-order valence-electron chi connectivity index (χ4n) is 5.68. The summed E-state index contributed by atoms with van der Waals surface area (Å²) in [5, 5.41) is 2.42. The maximum absolute atomic E-state index is 14.3. The summed E-state index contributed by atoms with van der Waals surface area (Å²) < 4.78 is 53.7. The van der Waals surface area contributed by atoms with Gasteiger partial charge < -0.3 is 10.2 Å². The predicted molar refractivity (Wildman–Crippen MR) is 137 cm³/mol. The number of likely N-dealkylation sites (tertiary alicyclic amines) is 2. The predicted octanol–water partition coefficient (Wildman–Crippen LogP) is 4.38. The standard InChI is InChI=1S/C29H31F4N3O4/c1-17(2)24(34-25(38)20-15-19(29(31,32)33)9-10-21(20)30)27(40)36-13-11-28(12-14-36)16-22(37)35(3)26(39)23(28)18-7-5-4-6-8-18/h4-10,15,17,23-24H,11-14,16H2,1-3H3,(H,34,38)/t23?,24-/m1/s1. The van der Waals surface area contributed by atoms with Gasteiger partial charge in [0.15, 0.2) is 0 Å². The SMILES string of the molecule is CC(C)[C@@H](NC(=O)c1cc(C(F)(F)F)ccc1F)C(=O)N1CCC2(CC1)CC(=O)N(C)C(=O)C2c1ccccc1. The molecule has 2 aliphatic heterocycles. The highest BCUT2D eigenvalue weighted by atomic mass is 19.4. The van der Waals surface area contributed by atoms with Crippen LogP contribution < -0.4 is 5.32 Å². The molecule has 11 heteroatoms. The van der Waals surface area contributed by atoms with Gasteiger partial charge in [0.25, 0.3) is 5.91 Å². The number of rotatable bonds is 5. The number of halogens is 4. The van der Waals surface area contributed by atoms with Gasteiger partial charge in [-0.1, -0.05) is 44.2 Å². The Morgan fingerprint density at radius 3 is 2.23 bits per heavy atom. The molecule has 1 spiro atoms. The van der Waals surface area contributed by atoms with E-state index in [1.54, 1.807) is 13.8 Å². The maximum Gasteiger partial charge on any atom is 0.416 e. The lowest BCUT2D eigenvalue weighted by Crippen LogP contribution is -2.58. The zero-order valence-corrected chi connectivity index (χ0v) is 22.4. The van der Waals surface area contributed by atoms with E-state index in [-0.39, 0.29) is 31.3 Å². The summed E-state index contributed by atoms with van der Waals surface area (Å²) >= 11 is 0. The van der Waals surface area contributed by atoms with Crippen molar-refractivity contribution in [3.8, 4) is 0 Å². The van der Waals surface area contributed by atoms with Gasteiger partial charge in [-0.25, -0.2) is 4.39 Å². The van der Waals surface area contributed by atoms with Gasteiger partial charge in [0.05, 0.1) is 17.0 Å². The van der Waals surface area contributed by atoms with Gasteiger partial charge in [-0.05, 0) is 47.9 Å². The summed E-state index contributed by atoms with van der Waals surface area (Å²) in [7, 11) is 1.47. The number of carbonyl (C=O) groups is 4. The summed E-state index contributed by atoms with van der Waals surface area (Å²) in [5.41, 5.74) is -1.87. The number of benzene rings is 2. The molecule has 2 aliphatic rings. The molecule has 2 aromatic rings. The number of imide groups is 1. The minimum atomic E-state index is -4.77. The number of hydrogen-bond donors (Lipinski definition) is 1. The number of nitrogens with zero attached hydrogens (tertiary/aromatic N) is 2. The van der Waals surface area contributed by atoms with Crippen molar-refractivity contribution in [3.63, 3.8) is 0 Å². The van der Waals surface area contributed by atoms with Crippen molar-refractivity contribution in [2.75, 3.05) is 20.1 Å². The van der Waals surface area contributed by atoms with Crippen LogP contribution in [-0.4, -0.2) is 59.6 Å². The van der Waals surface area contributed by atoms with Crippen LogP contribution in [0.2, 0.25) is 0 Å². The molecule has 0 radical (unpaired) electrons. The second-order valence-electron chi connectivity index (χ2n) is 10.9. The van der Waals surface area contributed by atoms with Crippen molar-refractivity contribution >= 4 is 23.6 Å². The van der Waals surface area contributed by atoms with Crippen LogP contribution in [-0.2, 0) is 20.6 Å². The molecule has 0 bridgehead atoms. The summed E-state index contributed by atoms with van der Waals surface area (Å²) in [5.74, 6) is -4.32. The van der Waals surface area contributed by atoms with Gasteiger partial charge in [-0.2, -0.15) is 13.2 Å². The fourth-order valence-corrected chi connectivity index (χ4v) is 5.68. The van der Waals surface area contributed by atoms with Crippen molar-refractivity contribution < 1.29 is 36.7 Å². The number of piperidine rings is 2. The Morgan fingerprint density at radius 2 is 1.65 bits per heavy atom. The van der Waals surface area contributed by atoms with Gasteiger partial charge in [-0.15, -0.1) is 0 Å². The molecule has 2 saturated heterocycles. The molecule has 0 aromatic heterocycles. The normalized spacial score (nSPS) is 20.1. The van der Waals surface area contributed by atoms with Crippen LogP contribution in [0.5, 0.6) is 0 Å². The molecule has 1 N–H and O–H groups in total. The molecule has 0 aliphatic carbocycles. The third-order valence-electron chi connectivity index (χ3n) is 8.03. The molecule has 4 amide bonds. The van der Waals surface area contributed by atoms with E-state index >= 15 is 0 Å². The molecular formula is C29H31F4N3O4. The number of alkyl halides is 3. The Kier molecular flexibility index (Phi) is 8.05. The summed E-state index contributed by atoms with van der Waals surface area (Å²) in [6, 6.07) is 9.61. The number of nitrogens with one attached hydrogen (secondary N) is 1. The minimum absolute atomic E-state index is 0.149. The lowest BCUT2D eigenvalue weighted by atomic mass is 9.61. The molecule has 2 fully saturated rings. The van der Waals surface area contributed by atoms with Gasteiger partial charge >= 0.3 is 6.18 Å². The lowest BCUT2D eigenvalue weighted by Gasteiger charge is -2.50. The summed E-state index contributed by atoms with van der Waals surface area (Å²) in [6.07, 6.45) is -3.89. The Hall–Kier alpha value is -3.76. The third kappa shape index (κ3) is 5.59. The molecule has 4 rings (SSSR count). The van der Waals surface area contributed by atoms with E-state index in [2.05, 4.69) is 5.32 Å². The maximum atomic E-state index is 14.3. The topological polar surface area (TPSA) is 86.8 Å².